The molecule has 0 saturated heterocycles. The van der Waals surface area contributed by atoms with E-state index in [9.17, 15) is 4.79 Å². The Morgan fingerprint density at radius 3 is 2.77 bits per heavy atom. The summed E-state index contributed by atoms with van der Waals surface area (Å²) in [5, 5.41) is 2.73. The number of ether oxygens (including phenoxy) is 2. The lowest BCUT2D eigenvalue weighted by atomic mass is 10.2. The molecule has 22 heavy (non-hydrogen) atoms. The number of nitrogens with zero attached hydrogens (tertiary/aromatic N) is 1. The predicted octanol–water partition coefficient (Wildman–Crippen LogP) is 3.76. The lowest BCUT2D eigenvalue weighted by Gasteiger charge is -2.20. The summed E-state index contributed by atoms with van der Waals surface area (Å²) < 4.78 is 12.2. The van der Waals surface area contributed by atoms with Crippen molar-refractivity contribution >= 4 is 22.0 Å². The van der Waals surface area contributed by atoms with Crippen molar-refractivity contribution in [3.05, 3.63) is 28.5 Å². The maximum atomic E-state index is 11.5. The van der Waals surface area contributed by atoms with Gasteiger partial charge in [0.1, 0.15) is 11.2 Å². The molecule has 1 N–H and O–H groups in total. The monoisotopic (exact) mass is 370 g/mol. The molecule has 0 aliphatic heterocycles. The minimum atomic E-state index is -0.467. The van der Waals surface area contributed by atoms with Crippen LogP contribution in [-0.2, 0) is 15.1 Å². The van der Waals surface area contributed by atoms with E-state index in [-0.39, 0.29) is 11.7 Å². The molecule has 6 heteroatoms. The number of carbonyl (C=O) groups is 1. The van der Waals surface area contributed by atoms with Gasteiger partial charge in [0.2, 0.25) is 0 Å². The molecule has 1 aliphatic carbocycles. The summed E-state index contributed by atoms with van der Waals surface area (Å²) in [5.74, 6) is 0. The lowest BCUT2D eigenvalue weighted by Crippen LogP contribution is -2.33. The second-order valence-corrected chi connectivity index (χ2v) is 7.40. The number of hydrogen-bond donors (Lipinski definition) is 1. The number of nitrogens with one attached hydrogen (secondary N) is 1. The minimum absolute atomic E-state index is 0.226. The van der Waals surface area contributed by atoms with Crippen molar-refractivity contribution in [1.82, 2.24) is 10.3 Å². The normalized spacial score (nSPS) is 16.2. The van der Waals surface area contributed by atoms with Crippen LogP contribution >= 0.6 is 15.9 Å². The van der Waals surface area contributed by atoms with Crippen LogP contribution in [0.4, 0.5) is 4.79 Å². The van der Waals surface area contributed by atoms with E-state index in [0.717, 1.165) is 29.4 Å². The van der Waals surface area contributed by atoms with Gasteiger partial charge in [-0.25, -0.2) is 4.79 Å². The number of amides is 1. The third kappa shape index (κ3) is 5.25. The second kappa shape index (κ2) is 6.96. The Labute approximate surface area is 139 Å². The van der Waals surface area contributed by atoms with Gasteiger partial charge >= 0.3 is 6.09 Å². The van der Waals surface area contributed by atoms with Crippen molar-refractivity contribution < 1.29 is 14.3 Å². The van der Waals surface area contributed by atoms with E-state index in [1.54, 1.807) is 6.20 Å². The van der Waals surface area contributed by atoms with Crippen molar-refractivity contribution in [2.24, 2.45) is 0 Å². The van der Waals surface area contributed by atoms with Crippen molar-refractivity contribution in [1.29, 1.82) is 0 Å². The molecule has 1 amide bonds. The molecule has 0 atom stereocenters. The second-order valence-electron chi connectivity index (χ2n) is 6.48. The molecule has 1 heterocycles. The fraction of sp³-hybridized carbons (Fsp3) is 0.625. The van der Waals surface area contributed by atoms with Gasteiger partial charge in [-0.1, -0.05) is 15.9 Å². The maximum absolute atomic E-state index is 11.5. The number of halogens is 1. The highest BCUT2D eigenvalue weighted by molar-refractivity contribution is 9.10. The Balaban J connectivity index is 1.68. The molecule has 0 unspecified atom stereocenters. The molecule has 0 spiro atoms. The summed E-state index contributed by atoms with van der Waals surface area (Å²) in [6, 6.07) is 3.91. The molecular weight excluding hydrogens is 348 g/mol. The molecule has 0 bridgehead atoms. The van der Waals surface area contributed by atoms with Crippen LogP contribution in [0.15, 0.2) is 22.8 Å². The summed E-state index contributed by atoms with van der Waals surface area (Å²) in [6.45, 7) is 6.66. The molecule has 0 aromatic carbocycles. The van der Waals surface area contributed by atoms with Gasteiger partial charge in [-0.05, 0) is 52.2 Å². The van der Waals surface area contributed by atoms with Crippen molar-refractivity contribution in [3.63, 3.8) is 0 Å². The number of pyridine rings is 1. The first kappa shape index (κ1) is 17.2. The molecule has 5 nitrogen and oxygen atoms in total. The zero-order chi connectivity index (χ0) is 16.2. The van der Waals surface area contributed by atoms with Crippen LogP contribution in [0.3, 0.4) is 0 Å². The first-order valence-corrected chi connectivity index (χ1v) is 8.33. The van der Waals surface area contributed by atoms with Crippen LogP contribution in [0, 0.1) is 0 Å². The largest absolute Gasteiger partial charge is 0.444 e. The number of carbonyl (C=O) groups excluding carboxylic acids is 1. The maximum Gasteiger partial charge on any atom is 0.407 e. The average molecular weight is 371 g/mol. The predicted molar refractivity (Wildman–Crippen MR) is 87.7 cm³/mol. The van der Waals surface area contributed by atoms with E-state index in [0.29, 0.717) is 13.2 Å². The average Bonchev–Trinajstić information content (AvgIpc) is 3.17. The highest BCUT2D eigenvalue weighted by atomic mass is 79.9. The Kier molecular flexibility index (Phi) is 5.45. The number of alkyl carbamates (subject to hydrolysis) is 1. The highest BCUT2D eigenvalue weighted by Gasteiger charge is 2.47. The standard InChI is InChI=1S/C16H23BrN2O3/c1-15(2,3)22-14(20)19-8-4-10-21-16(6-7-16)13-11-12(17)5-9-18-13/h5,9,11H,4,6-8,10H2,1-3H3,(H,19,20). The highest BCUT2D eigenvalue weighted by Crippen LogP contribution is 2.48. The Bertz CT molecular complexity index is 524. The van der Waals surface area contributed by atoms with Crippen LogP contribution < -0.4 is 5.32 Å². The quantitative estimate of drug-likeness (QED) is 0.774. The van der Waals surface area contributed by atoms with Gasteiger partial charge in [0.05, 0.1) is 5.69 Å². The lowest BCUT2D eigenvalue weighted by molar-refractivity contribution is 0.0244. The van der Waals surface area contributed by atoms with Gasteiger partial charge in [-0.15, -0.1) is 0 Å². The van der Waals surface area contributed by atoms with Crippen LogP contribution in [0.5, 0.6) is 0 Å². The van der Waals surface area contributed by atoms with Gasteiger partial charge in [-0.2, -0.15) is 0 Å². The van der Waals surface area contributed by atoms with Crippen molar-refractivity contribution in [3.8, 4) is 0 Å². The zero-order valence-corrected chi connectivity index (χ0v) is 14.9. The fourth-order valence-electron chi connectivity index (χ4n) is 2.09. The van der Waals surface area contributed by atoms with Crippen LogP contribution in [0.2, 0.25) is 0 Å². The van der Waals surface area contributed by atoms with Crippen molar-refractivity contribution in [2.75, 3.05) is 13.2 Å². The summed E-state index contributed by atoms with van der Waals surface area (Å²) in [4.78, 5) is 15.9. The van der Waals surface area contributed by atoms with Gasteiger partial charge in [0, 0.05) is 23.8 Å². The van der Waals surface area contributed by atoms with Gasteiger partial charge in [-0.3, -0.25) is 4.98 Å². The molecule has 1 aromatic rings. The number of hydrogen-bond acceptors (Lipinski definition) is 4. The molecule has 1 aromatic heterocycles. The third-order valence-electron chi connectivity index (χ3n) is 3.26. The molecule has 1 fully saturated rings. The van der Waals surface area contributed by atoms with Crippen LogP contribution in [0.1, 0.15) is 45.7 Å². The minimum Gasteiger partial charge on any atom is -0.444 e. The fourth-order valence-corrected chi connectivity index (χ4v) is 2.42. The van der Waals surface area contributed by atoms with E-state index < -0.39 is 5.60 Å². The van der Waals surface area contributed by atoms with E-state index in [4.69, 9.17) is 9.47 Å². The van der Waals surface area contributed by atoms with E-state index in [2.05, 4.69) is 26.2 Å². The Morgan fingerprint density at radius 2 is 2.18 bits per heavy atom. The van der Waals surface area contributed by atoms with E-state index in [1.165, 1.54) is 0 Å². The molecule has 2 rings (SSSR count). The van der Waals surface area contributed by atoms with Crippen molar-refractivity contribution in [2.45, 2.75) is 51.2 Å². The molecule has 122 valence electrons. The number of aromatic nitrogens is 1. The van der Waals surface area contributed by atoms with Gasteiger partial charge in [0.25, 0.3) is 0 Å². The molecule has 1 saturated carbocycles. The summed E-state index contributed by atoms with van der Waals surface area (Å²) in [6.07, 6.45) is 4.13. The zero-order valence-electron chi connectivity index (χ0n) is 13.3. The Hall–Kier alpha value is -1.14. The smallest absolute Gasteiger partial charge is 0.407 e. The van der Waals surface area contributed by atoms with Crippen LogP contribution in [0.25, 0.3) is 0 Å². The number of rotatable bonds is 6. The SMILES string of the molecule is CC(C)(C)OC(=O)NCCCOC1(c2cc(Br)ccn2)CC1. The summed E-state index contributed by atoms with van der Waals surface area (Å²) in [5.41, 5.74) is 0.280. The first-order chi connectivity index (χ1) is 10.3. The molecule has 1 aliphatic rings. The van der Waals surface area contributed by atoms with Gasteiger partial charge < -0.3 is 14.8 Å². The first-order valence-electron chi connectivity index (χ1n) is 7.54. The molecule has 0 radical (unpaired) electrons. The molecular formula is C16H23BrN2O3. The van der Waals surface area contributed by atoms with Crippen LogP contribution in [-0.4, -0.2) is 29.8 Å². The topological polar surface area (TPSA) is 60.5 Å². The Morgan fingerprint density at radius 1 is 1.45 bits per heavy atom. The third-order valence-corrected chi connectivity index (χ3v) is 3.75. The van der Waals surface area contributed by atoms with E-state index in [1.807, 2.05) is 32.9 Å². The van der Waals surface area contributed by atoms with Gasteiger partial charge in [0.15, 0.2) is 0 Å². The van der Waals surface area contributed by atoms with E-state index >= 15 is 0 Å². The summed E-state index contributed by atoms with van der Waals surface area (Å²) >= 11 is 3.46. The summed E-state index contributed by atoms with van der Waals surface area (Å²) in [7, 11) is 0.